The Morgan fingerprint density at radius 1 is 1.03 bits per heavy atom. The zero-order chi connectivity index (χ0) is 23.4. The number of rotatable bonds is 8. The lowest BCUT2D eigenvalue weighted by atomic mass is 10.1. The molecule has 2 heterocycles. The van der Waals surface area contributed by atoms with Gasteiger partial charge in [0.05, 0.1) is 24.8 Å². The van der Waals surface area contributed by atoms with Crippen molar-refractivity contribution in [3.63, 3.8) is 0 Å². The largest absolute Gasteiger partial charge is 0.493 e. The number of thiophene rings is 1. The van der Waals surface area contributed by atoms with Crippen LogP contribution in [0, 0.1) is 13.8 Å². The van der Waals surface area contributed by atoms with Crippen molar-refractivity contribution in [3.8, 4) is 27.8 Å². The van der Waals surface area contributed by atoms with Crippen molar-refractivity contribution in [2.24, 2.45) is 0 Å². The van der Waals surface area contributed by atoms with Crippen LogP contribution in [-0.4, -0.2) is 36.5 Å². The van der Waals surface area contributed by atoms with Crippen molar-refractivity contribution in [1.29, 1.82) is 0 Å². The third kappa shape index (κ3) is 4.93. The predicted octanol–water partition coefficient (Wildman–Crippen LogP) is 5.21. The van der Waals surface area contributed by atoms with E-state index in [0.29, 0.717) is 30.2 Å². The zero-order valence-electron chi connectivity index (χ0n) is 19.2. The molecule has 4 rings (SSSR count). The molecule has 6 nitrogen and oxygen atoms in total. The van der Waals surface area contributed by atoms with Gasteiger partial charge in [-0.2, -0.15) is 5.10 Å². The molecule has 0 unspecified atom stereocenters. The number of methoxy groups -OCH3 is 2. The molecular formula is C26H27N3O3S. The van der Waals surface area contributed by atoms with Gasteiger partial charge >= 0.3 is 0 Å². The summed E-state index contributed by atoms with van der Waals surface area (Å²) in [6.07, 6.45) is 0.668. The molecule has 0 aliphatic carbocycles. The lowest BCUT2D eigenvalue weighted by molar-refractivity contribution is 0.0946. The van der Waals surface area contributed by atoms with Gasteiger partial charge in [-0.3, -0.25) is 4.79 Å². The van der Waals surface area contributed by atoms with Gasteiger partial charge in [0.2, 0.25) is 0 Å². The molecule has 1 N–H and O–H groups in total. The Balaban J connectivity index is 1.56. The van der Waals surface area contributed by atoms with Crippen LogP contribution in [0.15, 0.2) is 60.0 Å². The highest BCUT2D eigenvalue weighted by molar-refractivity contribution is 7.13. The second kappa shape index (κ2) is 9.92. The van der Waals surface area contributed by atoms with Gasteiger partial charge in [0.15, 0.2) is 11.5 Å². The minimum Gasteiger partial charge on any atom is -0.493 e. The van der Waals surface area contributed by atoms with Crippen molar-refractivity contribution in [3.05, 3.63) is 82.4 Å². The van der Waals surface area contributed by atoms with E-state index in [1.807, 2.05) is 60.8 Å². The first-order valence-corrected chi connectivity index (χ1v) is 11.6. The number of carbonyl (C=O) groups is 1. The summed E-state index contributed by atoms with van der Waals surface area (Å²) in [5, 5.41) is 9.83. The van der Waals surface area contributed by atoms with E-state index in [1.54, 1.807) is 30.2 Å². The first kappa shape index (κ1) is 22.6. The minimum atomic E-state index is -0.161. The van der Waals surface area contributed by atoms with Crippen molar-refractivity contribution >= 4 is 17.2 Å². The Morgan fingerprint density at radius 2 is 1.85 bits per heavy atom. The van der Waals surface area contributed by atoms with E-state index in [0.717, 1.165) is 27.4 Å². The van der Waals surface area contributed by atoms with Crippen molar-refractivity contribution in [2.45, 2.75) is 20.3 Å². The summed E-state index contributed by atoms with van der Waals surface area (Å²) in [6, 6.07) is 17.8. The molecule has 33 heavy (non-hydrogen) atoms. The molecule has 0 bridgehead atoms. The van der Waals surface area contributed by atoms with Crippen LogP contribution in [0.25, 0.3) is 16.3 Å². The summed E-state index contributed by atoms with van der Waals surface area (Å²) < 4.78 is 12.4. The summed E-state index contributed by atoms with van der Waals surface area (Å²) in [6.45, 7) is 4.58. The lowest BCUT2D eigenvalue weighted by Gasteiger charge is -2.12. The van der Waals surface area contributed by atoms with Crippen molar-refractivity contribution in [2.75, 3.05) is 20.8 Å². The number of hydrogen-bond acceptors (Lipinski definition) is 5. The number of nitrogens with one attached hydrogen (secondary N) is 1. The fraction of sp³-hybridized carbons (Fsp3) is 0.231. The number of aryl methyl sites for hydroxylation is 2. The quantitative estimate of drug-likeness (QED) is 0.391. The molecule has 0 spiro atoms. The van der Waals surface area contributed by atoms with Gasteiger partial charge in [-0.15, -0.1) is 11.3 Å². The smallest absolute Gasteiger partial charge is 0.270 e. The fourth-order valence-electron chi connectivity index (χ4n) is 3.76. The van der Waals surface area contributed by atoms with Gasteiger partial charge < -0.3 is 14.8 Å². The Kier molecular flexibility index (Phi) is 6.79. The van der Waals surface area contributed by atoms with E-state index < -0.39 is 0 Å². The summed E-state index contributed by atoms with van der Waals surface area (Å²) in [5.41, 5.74) is 5.48. The van der Waals surface area contributed by atoms with Gasteiger partial charge in [0, 0.05) is 6.54 Å². The molecule has 2 aromatic carbocycles. The highest BCUT2D eigenvalue weighted by atomic mass is 32.1. The van der Waals surface area contributed by atoms with Crippen LogP contribution in [0.2, 0.25) is 0 Å². The second-order valence-electron chi connectivity index (χ2n) is 7.79. The average molecular weight is 462 g/mol. The monoisotopic (exact) mass is 461 g/mol. The van der Waals surface area contributed by atoms with Crippen molar-refractivity contribution in [1.82, 2.24) is 15.1 Å². The van der Waals surface area contributed by atoms with Crippen LogP contribution in [0.5, 0.6) is 11.5 Å². The Labute approximate surface area is 197 Å². The number of aromatic nitrogens is 2. The molecule has 0 aliphatic heterocycles. The SMILES string of the molecule is COc1ccc(CCNC(=O)c2cc(-c3cccs3)nn2-c2ccc(C)cc2C)cc1OC. The summed E-state index contributed by atoms with van der Waals surface area (Å²) in [4.78, 5) is 14.2. The molecule has 0 fully saturated rings. The molecule has 0 radical (unpaired) electrons. The summed E-state index contributed by atoms with van der Waals surface area (Å²) in [7, 11) is 3.23. The van der Waals surface area contributed by atoms with Crippen LogP contribution in [0.1, 0.15) is 27.2 Å². The molecule has 0 saturated heterocycles. The summed E-state index contributed by atoms with van der Waals surface area (Å²) in [5.74, 6) is 1.20. The molecule has 4 aromatic rings. The Hall–Kier alpha value is -3.58. The third-order valence-electron chi connectivity index (χ3n) is 5.44. The first-order valence-electron chi connectivity index (χ1n) is 10.7. The second-order valence-corrected chi connectivity index (χ2v) is 8.74. The normalized spacial score (nSPS) is 10.8. The molecule has 7 heteroatoms. The molecule has 170 valence electrons. The molecule has 0 aliphatic rings. The predicted molar refractivity (Wildman–Crippen MR) is 132 cm³/mol. The van der Waals surface area contributed by atoms with Gasteiger partial charge in [-0.05, 0) is 67.1 Å². The standard InChI is InChI=1S/C26H27N3O3S/c1-17-7-9-21(18(2)14-17)29-22(16-20(28-29)25-6-5-13-33-25)26(30)27-12-11-19-8-10-23(31-3)24(15-19)32-4/h5-10,13-16H,11-12H2,1-4H3,(H,27,30). The first-order chi connectivity index (χ1) is 16.0. The van der Waals surface area contributed by atoms with Crippen LogP contribution in [0.3, 0.4) is 0 Å². The van der Waals surface area contributed by atoms with E-state index in [1.165, 1.54) is 5.56 Å². The van der Waals surface area contributed by atoms with E-state index in [-0.39, 0.29) is 5.91 Å². The van der Waals surface area contributed by atoms with Crippen LogP contribution in [0.4, 0.5) is 0 Å². The number of hydrogen-bond donors (Lipinski definition) is 1. The molecule has 0 saturated carbocycles. The minimum absolute atomic E-state index is 0.161. The van der Waals surface area contributed by atoms with Gasteiger partial charge in [-0.1, -0.05) is 29.8 Å². The molecule has 1 amide bonds. The van der Waals surface area contributed by atoms with Crippen LogP contribution >= 0.6 is 11.3 Å². The number of ether oxygens (including phenoxy) is 2. The zero-order valence-corrected chi connectivity index (χ0v) is 20.0. The maximum atomic E-state index is 13.2. The maximum absolute atomic E-state index is 13.2. The van der Waals surface area contributed by atoms with Gasteiger partial charge in [0.1, 0.15) is 11.4 Å². The van der Waals surface area contributed by atoms with E-state index in [2.05, 4.69) is 18.3 Å². The Bertz CT molecular complexity index is 1260. The van der Waals surface area contributed by atoms with E-state index >= 15 is 0 Å². The fourth-order valence-corrected chi connectivity index (χ4v) is 4.44. The number of nitrogens with zero attached hydrogens (tertiary/aromatic N) is 2. The number of benzene rings is 2. The molecule has 2 aromatic heterocycles. The average Bonchev–Trinajstić information content (AvgIpc) is 3.49. The third-order valence-corrected chi connectivity index (χ3v) is 6.34. The van der Waals surface area contributed by atoms with Crippen molar-refractivity contribution < 1.29 is 14.3 Å². The molecular weight excluding hydrogens is 434 g/mol. The molecule has 0 atom stereocenters. The lowest BCUT2D eigenvalue weighted by Crippen LogP contribution is -2.28. The topological polar surface area (TPSA) is 65.4 Å². The van der Waals surface area contributed by atoms with Gasteiger partial charge in [-0.25, -0.2) is 4.68 Å². The maximum Gasteiger partial charge on any atom is 0.270 e. The van der Waals surface area contributed by atoms with Gasteiger partial charge in [0.25, 0.3) is 5.91 Å². The van der Waals surface area contributed by atoms with Crippen LogP contribution in [-0.2, 0) is 6.42 Å². The highest BCUT2D eigenvalue weighted by Crippen LogP contribution is 2.28. The summed E-state index contributed by atoms with van der Waals surface area (Å²) >= 11 is 1.60. The number of amides is 1. The van der Waals surface area contributed by atoms with E-state index in [9.17, 15) is 4.79 Å². The van der Waals surface area contributed by atoms with E-state index in [4.69, 9.17) is 14.6 Å². The highest BCUT2D eigenvalue weighted by Gasteiger charge is 2.19. The Morgan fingerprint density at radius 3 is 2.55 bits per heavy atom. The number of carbonyl (C=O) groups excluding carboxylic acids is 1. The van der Waals surface area contributed by atoms with Crippen LogP contribution < -0.4 is 14.8 Å².